The van der Waals surface area contributed by atoms with Crippen LogP contribution in [0.1, 0.15) is 48.5 Å². The van der Waals surface area contributed by atoms with Gasteiger partial charge in [0, 0.05) is 41.5 Å². The maximum atomic E-state index is 13.4. The molecular weight excluding hydrogens is 2050 g/mol. The van der Waals surface area contributed by atoms with Crippen LogP contribution >= 0.6 is 0 Å². The van der Waals surface area contributed by atoms with E-state index in [4.69, 9.17) is 109 Å². The minimum absolute atomic E-state index is 0.834. The molecule has 12 fully saturated rings. The van der Waals surface area contributed by atoms with Crippen molar-refractivity contribution < 1.29 is 296 Å². The second-order valence-electron chi connectivity index (χ2n) is 38.1. The number of amides is 6. The van der Waals surface area contributed by atoms with Gasteiger partial charge in [-0.05, 0) is 6.92 Å². The van der Waals surface area contributed by atoms with Gasteiger partial charge in [0.25, 0.3) is 0 Å². The van der Waals surface area contributed by atoms with E-state index >= 15 is 0 Å². The molecule has 0 radical (unpaired) electrons. The Morgan fingerprint density at radius 2 is 0.413 bits per heavy atom. The third kappa shape index (κ3) is 27.5. The van der Waals surface area contributed by atoms with Gasteiger partial charge in [-0.1, -0.05) is 0 Å². The SMILES string of the molecule is CC(=O)N[C@@H]1[C@H](O[C@@H]2[C@@H](O[C@@H]3[C@H](O)[C@H](O[C@H]4[C@H](O)[C@@H](NC(C)=O)[C@H](O[C@H]5[C@H](O)[C@@H](NC(C)=O)[C@H](O)O[C@@H]5CO[C@@H]5O[C@@H](C)[C@@H](O)[C@@H](O)[C@@H]5O)O[C@@H]4CO)O[C@H](CO[C@H]4O[C@H](CO)[C@@H](O)[C@H](O)[C@@H]4O[C@@H]4O[C@H](CO)[C@@H](O[C@@H]5O[C@H](CO)[C@H](O)[C@H](O[C@@H]6O[C@H](CO)[C@@H](O)[C@H](O)[C@H]6NC(C)=O)[C@H]5O)[C@H](O)[C@H]4NC(C)=O)[C@H]3O)O[C@H](CO)[C@@H](O)[C@@H]2O)O[C@H](CO)[C@@H](O[C@@H]2O[C@H](CO)[C@H](O)[C@H](O[C@@H]3O[C@H](CO)[C@@H](O)[C@H](O)[C@H]3NC(C)=O)[C@H]2O)[C@@H]1O. The Labute approximate surface area is 849 Å². The summed E-state index contributed by atoms with van der Waals surface area (Å²) in [6.45, 7) is -5.87. The molecular formula is C84H140N6O60. The van der Waals surface area contributed by atoms with Crippen molar-refractivity contribution in [2.75, 3.05) is 72.7 Å². The molecule has 37 N–H and O–H groups in total. The summed E-state index contributed by atoms with van der Waals surface area (Å²) in [6.07, 6.45) is -115. The van der Waals surface area contributed by atoms with Crippen LogP contribution in [-0.4, -0.2) is 635 Å². The lowest BCUT2D eigenvalue weighted by molar-refractivity contribution is -0.400. The summed E-state index contributed by atoms with van der Waals surface area (Å²) in [6, 6.07) is -11.5. The van der Waals surface area contributed by atoms with E-state index in [1.165, 1.54) is 6.92 Å². The molecule has 0 aliphatic carbocycles. The average molecular weight is 2190 g/mol. The molecule has 12 saturated heterocycles. The highest BCUT2D eigenvalue weighted by Crippen LogP contribution is 2.43. The maximum absolute atomic E-state index is 13.4. The minimum atomic E-state index is -2.72. The van der Waals surface area contributed by atoms with Gasteiger partial charge in [-0.25, -0.2) is 0 Å². The Morgan fingerprint density at radius 3 is 0.753 bits per heavy atom. The van der Waals surface area contributed by atoms with Crippen molar-refractivity contribution in [3.63, 3.8) is 0 Å². The quantitative estimate of drug-likeness (QED) is 0.0272. The summed E-state index contributed by atoms with van der Waals surface area (Å²) in [5, 5.41) is 367. The van der Waals surface area contributed by atoms with Gasteiger partial charge in [0.15, 0.2) is 75.5 Å². The Bertz CT molecular complexity index is 4250. The van der Waals surface area contributed by atoms with Crippen LogP contribution in [0.25, 0.3) is 0 Å². The van der Waals surface area contributed by atoms with Gasteiger partial charge in [0.05, 0.1) is 78.8 Å². The molecule has 150 heavy (non-hydrogen) atoms. The number of carbonyl (C=O) groups is 6. The first kappa shape index (κ1) is 123. The van der Waals surface area contributed by atoms with Crippen LogP contribution in [0.15, 0.2) is 0 Å². The van der Waals surface area contributed by atoms with E-state index in [1.807, 2.05) is 0 Å². The lowest BCUT2D eigenvalue weighted by Gasteiger charge is -2.51. The number of carbonyl (C=O) groups excluding carboxylic acids is 6. The number of aliphatic hydroxyl groups is 31. The van der Waals surface area contributed by atoms with Crippen molar-refractivity contribution in [3.05, 3.63) is 0 Å². The standard InChI is InChI=1S/C84H140N6O60/c1-19-43(106)57(120)60(123)79(130-19)128-18-36-67(53(116)37(73(127)131-36)85-20(2)100)142-76-40(88-23(5)103)54(117)66(32(14-97)138-76)145-82-63(126)70(148-84-72(59(122)47(110)29(11-94)137-84)150-78-42(90-25(7)105)56(119)65(34(16-99)140-78)144-81-62(125)69(49(112)31(13-96)135-81)147-75-39(87-22(4)102)52(115)45(108)27(9-92)133-75)50(113)35(141-82)17-129-83-71(58(121)46(109)28(10-93)136-83)149-77-41(89-24(6)104)55(118)64(33(15-98)139-77)143-80-61(124)68(48(111)30(12-95)134-80)146-74-38(86-21(3)101)51(114)44(107)26(8-91)132-74/h19,26-84,91-99,106-127H,8-18H2,1-7H3,(H,85,100)(H,86,101)(H,87,102)(H,88,103)(H,89,104)(H,90,105)/t19-,26+,27+,28+,29+,30+,31+,32+,33+,34+,35+,36+,37+,38+,39+,40+,41+,42-,43+,44+,45+,46+,47+,48-,49-,50+,51+,52+,53+,54+,55+,56+,57+,58-,59-,60-,61+,62+,63-,64+,65+,66+,67+,68-,69-,70-,71-,72-,73+,74-,75-,76-,77-,78-,79+,80-,81-,82-,83-,84+/m0/s1. The molecule has 6 amide bonds. The molecule has 60 atom stereocenters. The molecule has 66 heteroatoms. The molecule has 0 bridgehead atoms. The van der Waals surface area contributed by atoms with E-state index in [1.54, 1.807) is 0 Å². The molecule has 12 heterocycles. The summed E-state index contributed by atoms with van der Waals surface area (Å²) in [5.41, 5.74) is 0. The molecule has 66 nitrogen and oxygen atoms in total. The van der Waals surface area contributed by atoms with Crippen LogP contribution < -0.4 is 31.9 Å². The van der Waals surface area contributed by atoms with E-state index in [-0.39, 0.29) is 0 Å². The molecule has 0 aromatic carbocycles. The summed E-state index contributed by atoms with van der Waals surface area (Å²) >= 11 is 0. The molecule has 12 aliphatic rings. The zero-order valence-electron chi connectivity index (χ0n) is 81.1. The first-order chi connectivity index (χ1) is 70.9. The van der Waals surface area contributed by atoms with Gasteiger partial charge < -0.3 is 299 Å². The van der Waals surface area contributed by atoms with Crippen molar-refractivity contribution in [3.8, 4) is 0 Å². The Morgan fingerprint density at radius 1 is 0.187 bits per heavy atom. The van der Waals surface area contributed by atoms with Crippen LogP contribution in [0, 0.1) is 0 Å². The Balaban J connectivity index is 0.860. The van der Waals surface area contributed by atoms with Crippen LogP contribution in [0.5, 0.6) is 0 Å². The fourth-order valence-electron chi connectivity index (χ4n) is 19.6. The monoisotopic (exact) mass is 2190 g/mol. The maximum Gasteiger partial charge on any atom is 0.217 e. The van der Waals surface area contributed by atoms with Crippen molar-refractivity contribution in [1.29, 1.82) is 0 Å². The average Bonchev–Trinajstić information content (AvgIpc) is 0.760. The van der Waals surface area contributed by atoms with Gasteiger partial charge in [0.2, 0.25) is 35.4 Å². The summed E-state index contributed by atoms with van der Waals surface area (Å²) < 4.78 is 138. The normalized spacial score (nSPS) is 48.8. The first-order valence-corrected chi connectivity index (χ1v) is 48.0. The summed E-state index contributed by atoms with van der Waals surface area (Å²) in [5.74, 6) is -5.68. The van der Waals surface area contributed by atoms with Crippen LogP contribution in [0.2, 0.25) is 0 Å². The third-order valence-corrected chi connectivity index (χ3v) is 27.4. The van der Waals surface area contributed by atoms with Gasteiger partial charge in [0.1, 0.15) is 287 Å². The molecule has 866 valence electrons. The van der Waals surface area contributed by atoms with Gasteiger partial charge >= 0.3 is 0 Å². The van der Waals surface area contributed by atoms with Crippen molar-refractivity contribution in [2.24, 2.45) is 0 Å². The fourth-order valence-corrected chi connectivity index (χ4v) is 19.6. The van der Waals surface area contributed by atoms with Crippen molar-refractivity contribution in [2.45, 2.75) is 417 Å². The van der Waals surface area contributed by atoms with E-state index in [2.05, 4.69) is 31.9 Å². The van der Waals surface area contributed by atoms with E-state index in [0.717, 1.165) is 41.5 Å². The van der Waals surface area contributed by atoms with Crippen LogP contribution in [-0.2, 0) is 138 Å². The second kappa shape index (κ2) is 54.0. The smallest absolute Gasteiger partial charge is 0.217 e. The highest BCUT2D eigenvalue weighted by Gasteiger charge is 2.64. The fraction of sp³-hybridized carbons (Fsp3) is 0.929. The zero-order chi connectivity index (χ0) is 110. The molecule has 0 spiro atoms. The van der Waals surface area contributed by atoms with Gasteiger partial charge in [-0.3, -0.25) is 28.8 Å². The zero-order valence-corrected chi connectivity index (χ0v) is 81.1. The number of hydrogen-bond acceptors (Lipinski definition) is 60. The Hall–Kier alpha value is -5.34. The first-order valence-electron chi connectivity index (χ1n) is 48.0. The minimum Gasteiger partial charge on any atom is -0.394 e. The Kier molecular flexibility index (Phi) is 44.4. The number of aliphatic hydroxyl groups excluding tert-OH is 31. The lowest BCUT2D eigenvalue weighted by Crippen LogP contribution is -2.71. The number of ether oxygens (including phenoxy) is 23. The van der Waals surface area contributed by atoms with Crippen molar-refractivity contribution in [1.82, 2.24) is 31.9 Å². The highest BCUT2D eigenvalue weighted by molar-refractivity contribution is 5.75. The second-order valence-corrected chi connectivity index (χ2v) is 38.1. The van der Waals surface area contributed by atoms with E-state index < -0.39 is 476 Å². The number of nitrogens with one attached hydrogen (secondary N) is 6. The molecule has 0 aromatic rings. The van der Waals surface area contributed by atoms with Crippen LogP contribution in [0.4, 0.5) is 0 Å². The summed E-state index contributed by atoms with van der Waals surface area (Å²) in [7, 11) is 0. The number of rotatable bonds is 39. The third-order valence-electron chi connectivity index (χ3n) is 27.4. The predicted molar refractivity (Wildman–Crippen MR) is 463 cm³/mol. The summed E-state index contributed by atoms with van der Waals surface area (Å²) in [4.78, 5) is 77.4. The lowest BCUT2D eigenvalue weighted by atomic mass is 9.93. The topological polar surface area (TPSA) is 1010 Å². The van der Waals surface area contributed by atoms with Gasteiger partial charge in [-0.2, -0.15) is 0 Å². The van der Waals surface area contributed by atoms with E-state index in [9.17, 15) is 187 Å². The molecule has 0 aromatic heterocycles. The predicted octanol–water partition coefficient (Wildman–Crippen LogP) is -25.3. The van der Waals surface area contributed by atoms with Crippen molar-refractivity contribution >= 4 is 35.4 Å². The largest absolute Gasteiger partial charge is 0.394 e. The molecule has 12 rings (SSSR count). The number of hydrogen-bond donors (Lipinski definition) is 37. The molecule has 12 aliphatic heterocycles. The molecule has 0 saturated carbocycles. The van der Waals surface area contributed by atoms with E-state index in [0.29, 0.717) is 0 Å². The van der Waals surface area contributed by atoms with Gasteiger partial charge in [-0.15, -0.1) is 0 Å². The highest BCUT2D eigenvalue weighted by atomic mass is 16.8. The molecule has 0 unspecified atom stereocenters. The van der Waals surface area contributed by atoms with Crippen LogP contribution in [0.3, 0.4) is 0 Å².